The van der Waals surface area contributed by atoms with Crippen molar-refractivity contribution in [1.82, 2.24) is 13.7 Å². The molecule has 0 radical (unpaired) electrons. The van der Waals surface area contributed by atoms with Crippen LogP contribution < -0.4 is 0 Å². The average molecular weight is 726 g/mol. The molecular weight excluding hydrogens is 691 g/mol. The Bertz CT molecular complexity index is 3510. The lowest BCUT2D eigenvalue weighted by atomic mass is 10.0. The summed E-state index contributed by atoms with van der Waals surface area (Å²) in [4.78, 5) is 0. The predicted molar refractivity (Wildman–Crippen MR) is 240 cm³/mol. The summed E-state index contributed by atoms with van der Waals surface area (Å²) in [5.74, 6) is 0. The van der Waals surface area contributed by atoms with E-state index in [1.165, 1.54) is 87.7 Å². The Balaban J connectivity index is 1.02. The largest absolute Gasteiger partial charge is 0.309 e. The van der Waals surface area contributed by atoms with Crippen molar-refractivity contribution in [2.24, 2.45) is 0 Å². The lowest BCUT2D eigenvalue weighted by Gasteiger charge is -2.12. The normalized spacial score (nSPS) is 11.9. The van der Waals surface area contributed by atoms with Gasteiger partial charge >= 0.3 is 0 Å². The molecule has 3 nitrogen and oxygen atoms in total. The van der Waals surface area contributed by atoms with Gasteiger partial charge in [0.05, 0.1) is 33.1 Å². The van der Waals surface area contributed by atoms with E-state index in [9.17, 15) is 0 Å². The molecule has 0 aliphatic heterocycles. The van der Waals surface area contributed by atoms with Crippen LogP contribution in [0.2, 0.25) is 0 Å². The van der Waals surface area contributed by atoms with E-state index < -0.39 is 0 Å². The first kappa shape index (κ1) is 31.7. The second-order valence-corrected chi connectivity index (χ2v) is 15.0. The number of benzene rings is 9. The summed E-state index contributed by atoms with van der Waals surface area (Å²) in [5.41, 5.74) is 15.5. The zero-order chi connectivity index (χ0) is 37.5. The van der Waals surface area contributed by atoms with E-state index in [-0.39, 0.29) is 0 Å². The van der Waals surface area contributed by atoms with Gasteiger partial charge in [0, 0.05) is 49.4 Å². The van der Waals surface area contributed by atoms with Crippen molar-refractivity contribution in [2.75, 3.05) is 0 Å². The van der Waals surface area contributed by atoms with Crippen LogP contribution in [0.15, 0.2) is 212 Å². The minimum Gasteiger partial charge on any atom is -0.309 e. The minimum atomic E-state index is 1.15. The third-order valence-electron chi connectivity index (χ3n) is 11.8. The molecule has 0 N–H and O–H groups in total. The van der Waals surface area contributed by atoms with Crippen LogP contribution in [0, 0.1) is 0 Å². The number of hydrogen-bond acceptors (Lipinski definition) is 0. The molecule has 9 aromatic carbocycles. The van der Waals surface area contributed by atoms with E-state index in [4.69, 9.17) is 0 Å². The molecule has 3 heterocycles. The van der Waals surface area contributed by atoms with E-state index in [1.807, 2.05) is 0 Å². The summed E-state index contributed by atoms with van der Waals surface area (Å²) in [6.07, 6.45) is 0. The molecule has 0 aliphatic rings. The Kier molecular flexibility index (Phi) is 6.93. The van der Waals surface area contributed by atoms with Gasteiger partial charge < -0.3 is 13.7 Å². The van der Waals surface area contributed by atoms with Crippen LogP contribution in [0.1, 0.15) is 0 Å². The van der Waals surface area contributed by atoms with Crippen LogP contribution in [-0.4, -0.2) is 13.7 Å². The van der Waals surface area contributed by atoms with Gasteiger partial charge in [-0.25, -0.2) is 0 Å². The Morgan fingerprint density at radius 1 is 0.193 bits per heavy atom. The van der Waals surface area contributed by atoms with Crippen molar-refractivity contribution in [3.05, 3.63) is 212 Å². The van der Waals surface area contributed by atoms with E-state index in [2.05, 4.69) is 226 Å². The Morgan fingerprint density at radius 3 is 1.19 bits per heavy atom. The molecule has 57 heavy (non-hydrogen) atoms. The smallest absolute Gasteiger partial charge is 0.0561 e. The molecule has 0 aliphatic carbocycles. The Labute approximate surface area is 329 Å². The SMILES string of the molecule is c1ccc(-c2cccc(-n3c4ccccc4c4cc(-c5ccc6c(c5)c5ccccc5n6-c5ccc6c7ccccc7n(-c7ccccc7)c6c5)ccc43)c2)cc1. The van der Waals surface area contributed by atoms with Gasteiger partial charge in [0.2, 0.25) is 0 Å². The Hall–Kier alpha value is -7.62. The summed E-state index contributed by atoms with van der Waals surface area (Å²) >= 11 is 0. The fourth-order valence-electron chi connectivity index (χ4n) is 9.27. The second-order valence-electron chi connectivity index (χ2n) is 15.0. The maximum atomic E-state index is 2.43. The van der Waals surface area contributed by atoms with Crippen LogP contribution in [0.25, 0.3) is 105 Å². The Morgan fingerprint density at radius 2 is 0.596 bits per heavy atom. The molecule has 0 fully saturated rings. The van der Waals surface area contributed by atoms with E-state index in [0.717, 1.165) is 17.1 Å². The summed E-state index contributed by atoms with van der Waals surface area (Å²) in [5, 5.41) is 7.50. The molecule has 3 aromatic heterocycles. The molecule has 0 spiro atoms. The molecule has 0 saturated carbocycles. The number of fused-ring (bicyclic) bond motifs is 9. The topological polar surface area (TPSA) is 14.8 Å². The van der Waals surface area contributed by atoms with Crippen molar-refractivity contribution in [3.8, 4) is 39.3 Å². The van der Waals surface area contributed by atoms with E-state index in [0.29, 0.717) is 0 Å². The standard InChI is InChI=1S/C54H35N3/c1-3-14-36(15-4-1)37-16-13-19-41(32-37)56-50-24-11-8-21-44(50)47-33-38(26-30-52(47)56)39-27-31-53-48(34-39)45-22-9-12-25-51(45)57(53)42-28-29-46-43-20-7-10-23-49(43)55(54(46)35-42)40-17-5-2-6-18-40/h1-35H. The maximum absolute atomic E-state index is 2.43. The van der Waals surface area contributed by atoms with Crippen molar-refractivity contribution in [3.63, 3.8) is 0 Å². The maximum Gasteiger partial charge on any atom is 0.0561 e. The zero-order valence-corrected chi connectivity index (χ0v) is 31.0. The van der Waals surface area contributed by atoms with Gasteiger partial charge in [-0.15, -0.1) is 0 Å². The first-order valence-corrected chi connectivity index (χ1v) is 19.6. The van der Waals surface area contributed by atoms with E-state index >= 15 is 0 Å². The van der Waals surface area contributed by atoms with E-state index in [1.54, 1.807) is 0 Å². The van der Waals surface area contributed by atoms with Gasteiger partial charge in [-0.2, -0.15) is 0 Å². The number of aromatic nitrogens is 3. The number of hydrogen-bond donors (Lipinski definition) is 0. The number of para-hydroxylation sites is 4. The molecule has 0 unspecified atom stereocenters. The fraction of sp³-hybridized carbons (Fsp3) is 0. The number of nitrogens with zero attached hydrogens (tertiary/aromatic N) is 3. The summed E-state index contributed by atoms with van der Waals surface area (Å²) in [6.45, 7) is 0. The first-order chi connectivity index (χ1) is 28.3. The van der Waals surface area contributed by atoms with Crippen molar-refractivity contribution in [1.29, 1.82) is 0 Å². The van der Waals surface area contributed by atoms with Crippen molar-refractivity contribution in [2.45, 2.75) is 0 Å². The molecule has 0 bridgehead atoms. The number of rotatable bonds is 5. The zero-order valence-electron chi connectivity index (χ0n) is 31.0. The molecule has 0 atom stereocenters. The molecular formula is C54H35N3. The van der Waals surface area contributed by atoms with Crippen molar-refractivity contribution >= 4 is 65.4 Å². The molecule has 0 saturated heterocycles. The summed E-state index contributed by atoms with van der Waals surface area (Å²) in [6, 6.07) is 77.4. The third kappa shape index (κ3) is 4.86. The van der Waals surface area contributed by atoms with Gasteiger partial charge in [-0.1, -0.05) is 133 Å². The average Bonchev–Trinajstić information content (AvgIpc) is 3.92. The van der Waals surface area contributed by atoms with Crippen LogP contribution in [0.5, 0.6) is 0 Å². The molecule has 12 aromatic rings. The van der Waals surface area contributed by atoms with Gasteiger partial charge in [0.25, 0.3) is 0 Å². The fourth-order valence-corrected chi connectivity index (χ4v) is 9.27. The quantitative estimate of drug-likeness (QED) is 0.168. The third-order valence-corrected chi connectivity index (χ3v) is 11.8. The molecule has 266 valence electrons. The van der Waals surface area contributed by atoms with Crippen LogP contribution >= 0.6 is 0 Å². The lowest BCUT2D eigenvalue weighted by molar-refractivity contribution is 1.15. The molecule has 12 rings (SSSR count). The van der Waals surface area contributed by atoms with Gasteiger partial charge in [-0.3, -0.25) is 0 Å². The van der Waals surface area contributed by atoms with Gasteiger partial charge in [-0.05, 0) is 101 Å². The highest BCUT2D eigenvalue weighted by atomic mass is 15.0. The minimum absolute atomic E-state index is 1.15. The van der Waals surface area contributed by atoms with Crippen LogP contribution in [-0.2, 0) is 0 Å². The highest BCUT2D eigenvalue weighted by molar-refractivity contribution is 6.14. The highest BCUT2D eigenvalue weighted by Crippen LogP contribution is 2.40. The first-order valence-electron chi connectivity index (χ1n) is 19.6. The predicted octanol–water partition coefficient (Wildman–Crippen LogP) is 14.3. The van der Waals surface area contributed by atoms with Gasteiger partial charge in [0.1, 0.15) is 0 Å². The molecule has 0 amide bonds. The monoisotopic (exact) mass is 725 g/mol. The van der Waals surface area contributed by atoms with Gasteiger partial charge in [0.15, 0.2) is 0 Å². The summed E-state index contributed by atoms with van der Waals surface area (Å²) in [7, 11) is 0. The molecule has 3 heteroatoms. The second kappa shape index (κ2) is 12.5. The van der Waals surface area contributed by atoms with Crippen molar-refractivity contribution < 1.29 is 0 Å². The van der Waals surface area contributed by atoms with Crippen LogP contribution in [0.3, 0.4) is 0 Å². The highest BCUT2D eigenvalue weighted by Gasteiger charge is 2.18. The summed E-state index contributed by atoms with van der Waals surface area (Å²) < 4.78 is 7.24. The van der Waals surface area contributed by atoms with Crippen LogP contribution in [0.4, 0.5) is 0 Å². The lowest BCUT2D eigenvalue weighted by Crippen LogP contribution is -1.96.